The lowest BCUT2D eigenvalue weighted by molar-refractivity contribution is -0.152. The fraction of sp³-hybridized carbons (Fsp3) is 0.429. The Morgan fingerprint density at radius 2 is 1.93 bits per heavy atom. The quantitative estimate of drug-likeness (QED) is 0.697. The minimum absolute atomic E-state index is 0.0943. The Morgan fingerprint density at radius 3 is 2.69 bits per heavy atom. The maximum Gasteiger partial charge on any atom is 0.307 e. The molecule has 1 heterocycles. The van der Waals surface area contributed by atoms with Gasteiger partial charge in [0.15, 0.2) is 6.61 Å². The van der Waals surface area contributed by atoms with Crippen LogP contribution in [-0.2, 0) is 24.3 Å². The molecular weight excluding hydrogens is 392 g/mol. The van der Waals surface area contributed by atoms with E-state index in [1.807, 2.05) is 24.3 Å². The van der Waals surface area contributed by atoms with Gasteiger partial charge in [0.25, 0.3) is 5.91 Å². The van der Waals surface area contributed by atoms with Gasteiger partial charge >= 0.3 is 5.97 Å². The number of hydrogen-bond acceptors (Lipinski definition) is 5. The number of ether oxygens (including phenoxy) is 1. The second kappa shape index (κ2) is 9.37. The smallest absolute Gasteiger partial charge is 0.307 e. The Bertz CT molecular complexity index is 989. The fourth-order valence-corrected chi connectivity index (χ4v) is 4.49. The Labute approximate surface area is 171 Å². The summed E-state index contributed by atoms with van der Waals surface area (Å²) in [5.74, 6) is -0.362. The minimum Gasteiger partial charge on any atom is -0.456 e. The molecule has 156 valence electrons. The topological polar surface area (TPSA) is 92.8 Å². The third-order valence-electron chi connectivity index (χ3n) is 5.02. The minimum atomic E-state index is -3.73. The van der Waals surface area contributed by atoms with Crippen LogP contribution in [0.1, 0.15) is 26.2 Å². The lowest BCUT2D eigenvalue weighted by Crippen LogP contribution is -2.41. The zero-order chi connectivity index (χ0) is 20.9. The monoisotopic (exact) mass is 418 g/mol. The molecule has 1 aliphatic heterocycles. The second-order valence-corrected chi connectivity index (χ2v) is 9.17. The average Bonchev–Trinajstić information content (AvgIpc) is 2.71. The maximum absolute atomic E-state index is 12.4. The number of sulfonamides is 1. The molecule has 3 rings (SSSR count). The Morgan fingerprint density at radius 1 is 1.17 bits per heavy atom. The molecule has 0 radical (unpaired) electrons. The number of fused-ring (bicyclic) bond motifs is 1. The van der Waals surface area contributed by atoms with Gasteiger partial charge in [-0.2, -0.15) is 0 Å². The fourth-order valence-electron chi connectivity index (χ4n) is 3.43. The second-order valence-electron chi connectivity index (χ2n) is 7.40. The van der Waals surface area contributed by atoms with Gasteiger partial charge in [0.2, 0.25) is 10.0 Å². The number of nitrogens with one attached hydrogen (secondary N) is 1. The van der Waals surface area contributed by atoms with Crippen LogP contribution < -0.4 is 4.72 Å². The van der Waals surface area contributed by atoms with Gasteiger partial charge in [-0.25, -0.2) is 13.1 Å². The highest BCUT2D eigenvalue weighted by molar-refractivity contribution is 7.89. The number of carbonyl (C=O) groups excluding carboxylic acids is 2. The number of rotatable bonds is 7. The molecule has 2 aromatic rings. The number of esters is 1. The molecule has 1 fully saturated rings. The van der Waals surface area contributed by atoms with Gasteiger partial charge < -0.3 is 9.64 Å². The molecule has 0 aliphatic carbocycles. The van der Waals surface area contributed by atoms with Gasteiger partial charge in [-0.05, 0) is 41.7 Å². The van der Waals surface area contributed by atoms with Gasteiger partial charge in [0.1, 0.15) is 0 Å². The van der Waals surface area contributed by atoms with Crippen molar-refractivity contribution in [2.75, 3.05) is 26.2 Å². The van der Waals surface area contributed by atoms with Crippen molar-refractivity contribution in [1.29, 1.82) is 0 Å². The van der Waals surface area contributed by atoms with Crippen molar-refractivity contribution >= 4 is 32.7 Å². The molecule has 0 saturated carbocycles. The van der Waals surface area contributed by atoms with E-state index in [1.54, 1.807) is 17.0 Å². The Hall–Kier alpha value is -2.45. The third-order valence-corrected chi connectivity index (χ3v) is 6.48. The van der Waals surface area contributed by atoms with Crippen LogP contribution in [0, 0.1) is 5.92 Å². The molecule has 29 heavy (non-hydrogen) atoms. The van der Waals surface area contributed by atoms with Crippen LogP contribution in [0.5, 0.6) is 0 Å². The lowest BCUT2D eigenvalue weighted by atomic mass is 10.0. The van der Waals surface area contributed by atoms with E-state index in [-0.39, 0.29) is 30.4 Å². The number of piperidine rings is 1. The van der Waals surface area contributed by atoms with Gasteiger partial charge in [-0.1, -0.05) is 37.3 Å². The lowest BCUT2D eigenvalue weighted by Gasteiger charge is -2.30. The molecule has 1 saturated heterocycles. The van der Waals surface area contributed by atoms with Crippen molar-refractivity contribution in [3.8, 4) is 0 Å². The van der Waals surface area contributed by atoms with Crippen LogP contribution in [0.15, 0.2) is 47.4 Å². The molecule has 8 heteroatoms. The SMILES string of the molecule is C[C@@H]1CCCN(C(=O)COC(=O)CCNS(=O)(=O)c2ccc3ccccc3c2)C1. The summed E-state index contributed by atoms with van der Waals surface area (Å²) in [4.78, 5) is 25.8. The van der Waals surface area contributed by atoms with E-state index < -0.39 is 16.0 Å². The molecule has 1 aliphatic rings. The molecular formula is C21H26N2O5S. The maximum atomic E-state index is 12.4. The highest BCUT2D eigenvalue weighted by Crippen LogP contribution is 2.19. The van der Waals surface area contributed by atoms with Gasteiger partial charge in [0, 0.05) is 19.6 Å². The Balaban J connectivity index is 1.45. The summed E-state index contributed by atoms with van der Waals surface area (Å²) in [6.07, 6.45) is 1.91. The molecule has 0 unspecified atom stereocenters. The molecule has 0 bridgehead atoms. The van der Waals surface area contributed by atoms with Crippen molar-refractivity contribution in [2.45, 2.75) is 31.1 Å². The molecule has 2 aromatic carbocycles. The predicted octanol–water partition coefficient (Wildman–Crippen LogP) is 2.31. The molecule has 1 atom stereocenters. The van der Waals surface area contributed by atoms with Crippen LogP contribution in [0.4, 0.5) is 0 Å². The van der Waals surface area contributed by atoms with Crippen LogP contribution in [0.25, 0.3) is 10.8 Å². The van der Waals surface area contributed by atoms with E-state index in [0.29, 0.717) is 19.0 Å². The first-order valence-corrected chi connectivity index (χ1v) is 11.3. The van der Waals surface area contributed by atoms with Crippen LogP contribution in [0.2, 0.25) is 0 Å². The summed E-state index contributed by atoms with van der Waals surface area (Å²) in [7, 11) is -3.73. The summed E-state index contributed by atoms with van der Waals surface area (Å²) >= 11 is 0. The van der Waals surface area contributed by atoms with E-state index in [9.17, 15) is 18.0 Å². The first kappa shape index (κ1) is 21.3. The summed E-state index contributed by atoms with van der Waals surface area (Å²) < 4.78 is 32.3. The number of carbonyl (C=O) groups is 2. The average molecular weight is 419 g/mol. The number of nitrogens with zero attached hydrogens (tertiary/aromatic N) is 1. The van der Waals surface area contributed by atoms with E-state index in [1.165, 1.54) is 6.07 Å². The summed E-state index contributed by atoms with van der Waals surface area (Å²) in [6.45, 7) is 3.06. The zero-order valence-electron chi connectivity index (χ0n) is 16.5. The normalized spacial score (nSPS) is 17.3. The highest BCUT2D eigenvalue weighted by Gasteiger charge is 2.22. The largest absolute Gasteiger partial charge is 0.456 e. The van der Waals surface area contributed by atoms with Gasteiger partial charge in [-0.15, -0.1) is 0 Å². The number of benzene rings is 2. The highest BCUT2D eigenvalue weighted by atomic mass is 32.2. The molecule has 1 N–H and O–H groups in total. The molecule has 0 spiro atoms. The van der Waals surface area contributed by atoms with E-state index in [4.69, 9.17) is 4.74 Å². The van der Waals surface area contributed by atoms with Crippen molar-refractivity contribution in [3.05, 3.63) is 42.5 Å². The summed E-state index contributed by atoms with van der Waals surface area (Å²) in [6, 6.07) is 12.3. The van der Waals surface area contributed by atoms with Crippen molar-refractivity contribution < 1.29 is 22.7 Å². The van der Waals surface area contributed by atoms with Crippen LogP contribution in [-0.4, -0.2) is 51.4 Å². The number of amides is 1. The molecule has 7 nitrogen and oxygen atoms in total. The molecule has 1 amide bonds. The van der Waals surface area contributed by atoms with Crippen molar-refractivity contribution in [2.24, 2.45) is 5.92 Å². The van der Waals surface area contributed by atoms with Gasteiger partial charge in [0.05, 0.1) is 11.3 Å². The van der Waals surface area contributed by atoms with Gasteiger partial charge in [-0.3, -0.25) is 9.59 Å². The first-order chi connectivity index (χ1) is 13.8. The predicted molar refractivity (Wildman–Crippen MR) is 110 cm³/mol. The summed E-state index contributed by atoms with van der Waals surface area (Å²) in [5.41, 5.74) is 0. The first-order valence-electron chi connectivity index (χ1n) is 9.77. The van der Waals surface area contributed by atoms with Crippen LogP contribution >= 0.6 is 0 Å². The summed E-state index contributed by atoms with van der Waals surface area (Å²) in [5, 5.41) is 1.77. The number of likely N-dealkylation sites (tertiary alicyclic amines) is 1. The van der Waals surface area contributed by atoms with E-state index in [2.05, 4.69) is 11.6 Å². The standard InChI is InChI=1S/C21H26N2O5S/c1-16-5-4-12-23(14-16)20(24)15-28-21(25)10-11-22-29(26,27)19-9-8-17-6-2-3-7-18(17)13-19/h2-3,6-9,13,16,22H,4-5,10-12,14-15H2,1H3/t16-/m1/s1. The Kier molecular flexibility index (Phi) is 6.87. The van der Waals surface area contributed by atoms with E-state index >= 15 is 0 Å². The van der Waals surface area contributed by atoms with E-state index in [0.717, 1.165) is 23.6 Å². The van der Waals surface area contributed by atoms with Crippen LogP contribution in [0.3, 0.4) is 0 Å². The number of hydrogen-bond donors (Lipinski definition) is 1. The molecule has 0 aromatic heterocycles. The van der Waals surface area contributed by atoms with Crippen molar-refractivity contribution in [3.63, 3.8) is 0 Å². The van der Waals surface area contributed by atoms with Crippen molar-refractivity contribution in [1.82, 2.24) is 9.62 Å². The zero-order valence-corrected chi connectivity index (χ0v) is 17.3. The third kappa shape index (κ3) is 5.77.